The summed E-state index contributed by atoms with van der Waals surface area (Å²) in [6.07, 6.45) is 6.80. The van der Waals surface area contributed by atoms with Gasteiger partial charge in [-0.15, -0.1) is 0 Å². The second kappa shape index (κ2) is 7.29. The second-order valence-corrected chi connectivity index (χ2v) is 7.22. The molecule has 0 aliphatic heterocycles. The second-order valence-electron chi connectivity index (χ2n) is 6.26. The highest BCUT2D eigenvalue weighted by molar-refractivity contribution is 8.00. The summed E-state index contributed by atoms with van der Waals surface area (Å²) >= 11 is 1.29. The SMILES string of the molecule is CC(=O)CSc1nc2c(c(-c3ccco3)c1C#N)CC/C2=C/c1ccco1. The molecule has 0 aromatic carbocycles. The maximum Gasteiger partial charge on any atom is 0.140 e. The molecule has 0 N–H and O–H groups in total. The number of allylic oxidation sites excluding steroid dienone is 1. The molecule has 0 radical (unpaired) electrons. The third-order valence-electron chi connectivity index (χ3n) is 4.36. The fourth-order valence-electron chi connectivity index (χ4n) is 3.24. The average Bonchev–Trinajstić information content (AvgIpc) is 3.41. The summed E-state index contributed by atoms with van der Waals surface area (Å²) in [6.45, 7) is 1.53. The van der Waals surface area contributed by atoms with Crippen molar-refractivity contribution < 1.29 is 13.6 Å². The van der Waals surface area contributed by atoms with Crippen LogP contribution in [0.2, 0.25) is 0 Å². The van der Waals surface area contributed by atoms with Gasteiger partial charge in [-0.2, -0.15) is 5.26 Å². The van der Waals surface area contributed by atoms with Crippen molar-refractivity contribution in [3.05, 3.63) is 59.4 Å². The van der Waals surface area contributed by atoms with Gasteiger partial charge in [0.15, 0.2) is 0 Å². The number of ketones is 1. The Hall–Kier alpha value is -3.04. The molecule has 1 aliphatic carbocycles. The van der Waals surface area contributed by atoms with Crippen molar-refractivity contribution in [2.45, 2.75) is 24.8 Å². The van der Waals surface area contributed by atoms with Crippen molar-refractivity contribution in [1.82, 2.24) is 4.98 Å². The van der Waals surface area contributed by atoms with Crippen LogP contribution in [0.3, 0.4) is 0 Å². The molecule has 0 fully saturated rings. The summed E-state index contributed by atoms with van der Waals surface area (Å²) in [5, 5.41) is 10.4. The number of furan rings is 2. The Bertz CT molecular complexity index is 1060. The van der Waals surface area contributed by atoms with Crippen LogP contribution in [0.25, 0.3) is 23.0 Å². The standard InChI is InChI=1S/C21H16N2O3S/c1-13(24)12-27-21-17(11-22)19(18-5-3-9-26-18)16-7-6-14(20(16)23-21)10-15-4-2-8-25-15/h2-5,8-10H,6-7,12H2,1H3/b14-10-. The van der Waals surface area contributed by atoms with Crippen LogP contribution in [-0.4, -0.2) is 16.5 Å². The predicted molar refractivity (Wildman–Crippen MR) is 103 cm³/mol. The number of Topliss-reactive ketones (excluding diaryl/α,β-unsaturated/α-hetero) is 1. The molecule has 27 heavy (non-hydrogen) atoms. The number of nitrogens with zero attached hydrogens (tertiary/aromatic N) is 2. The summed E-state index contributed by atoms with van der Waals surface area (Å²) in [7, 11) is 0. The van der Waals surface area contributed by atoms with Gasteiger partial charge in [0.25, 0.3) is 0 Å². The normalized spacial score (nSPS) is 14.3. The molecular weight excluding hydrogens is 360 g/mol. The molecule has 4 rings (SSSR count). The number of thioether (sulfide) groups is 1. The molecular formula is C21H16N2O3S. The molecule has 3 aromatic heterocycles. The van der Waals surface area contributed by atoms with E-state index in [9.17, 15) is 10.1 Å². The Kier molecular flexibility index (Phi) is 4.69. The van der Waals surface area contributed by atoms with Gasteiger partial charge in [0.1, 0.15) is 28.4 Å². The Morgan fingerprint density at radius 1 is 1.30 bits per heavy atom. The average molecular weight is 376 g/mol. The molecule has 3 aromatic rings. The van der Waals surface area contributed by atoms with Gasteiger partial charge in [-0.1, -0.05) is 11.8 Å². The first-order valence-corrected chi connectivity index (χ1v) is 9.53. The Morgan fingerprint density at radius 2 is 2.11 bits per heavy atom. The summed E-state index contributed by atoms with van der Waals surface area (Å²) < 4.78 is 11.1. The fraction of sp³-hybridized carbons (Fsp3) is 0.190. The lowest BCUT2D eigenvalue weighted by Crippen LogP contribution is -2.02. The molecule has 0 saturated carbocycles. The maximum absolute atomic E-state index is 11.5. The highest BCUT2D eigenvalue weighted by atomic mass is 32.2. The Balaban J connectivity index is 1.91. The smallest absolute Gasteiger partial charge is 0.140 e. The van der Waals surface area contributed by atoms with E-state index in [4.69, 9.17) is 13.8 Å². The minimum atomic E-state index is 0.0390. The van der Waals surface area contributed by atoms with E-state index in [1.165, 1.54) is 18.7 Å². The topological polar surface area (TPSA) is 80.0 Å². The first kappa shape index (κ1) is 17.4. The molecule has 0 saturated heterocycles. The molecule has 0 unspecified atom stereocenters. The van der Waals surface area contributed by atoms with Crippen LogP contribution >= 0.6 is 11.8 Å². The first-order valence-electron chi connectivity index (χ1n) is 8.55. The highest BCUT2D eigenvalue weighted by Crippen LogP contribution is 2.43. The van der Waals surface area contributed by atoms with E-state index < -0.39 is 0 Å². The number of carbonyl (C=O) groups is 1. The summed E-state index contributed by atoms with van der Waals surface area (Å²) in [6, 6.07) is 9.67. The number of fused-ring (bicyclic) bond motifs is 1. The number of pyridine rings is 1. The van der Waals surface area contributed by atoms with Crippen LogP contribution in [0.1, 0.15) is 35.9 Å². The Morgan fingerprint density at radius 3 is 2.78 bits per heavy atom. The number of hydrogen-bond acceptors (Lipinski definition) is 6. The van der Waals surface area contributed by atoms with E-state index in [1.807, 2.05) is 24.3 Å². The lowest BCUT2D eigenvalue weighted by molar-refractivity contribution is -0.114. The number of aromatic nitrogens is 1. The van der Waals surface area contributed by atoms with E-state index in [0.29, 0.717) is 16.3 Å². The monoisotopic (exact) mass is 376 g/mol. The van der Waals surface area contributed by atoms with Crippen LogP contribution in [0, 0.1) is 11.3 Å². The molecule has 6 heteroatoms. The van der Waals surface area contributed by atoms with E-state index in [-0.39, 0.29) is 11.5 Å². The number of carbonyl (C=O) groups excluding carboxylic acids is 1. The van der Waals surface area contributed by atoms with Gasteiger partial charge >= 0.3 is 0 Å². The van der Waals surface area contributed by atoms with Crippen LogP contribution in [0.15, 0.2) is 50.7 Å². The van der Waals surface area contributed by atoms with Crippen molar-refractivity contribution >= 4 is 29.2 Å². The minimum Gasteiger partial charge on any atom is -0.465 e. The maximum atomic E-state index is 11.5. The lowest BCUT2D eigenvalue weighted by Gasteiger charge is -2.12. The van der Waals surface area contributed by atoms with Gasteiger partial charge in [-0.25, -0.2) is 4.98 Å². The molecule has 3 heterocycles. The number of rotatable bonds is 5. The van der Waals surface area contributed by atoms with Crippen molar-refractivity contribution in [2.24, 2.45) is 0 Å². The van der Waals surface area contributed by atoms with E-state index >= 15 is 0 Å². The van der Waals surface area contributed by atoms with Crippen LogP contribution < -0.4 is 0 Å². The van der Waals surface area contributed by atoms with Gasteiger partial charge in [0, 0.05) is 5.56 Å². The summed E-state index contributed by atoms with van der Waals surface area (Å²) in [5.41, 5.74) is 4.16. The van der Waals surface area contributed by atoms with Crippen molar-refractivity contribution in [2.75, 3.05) is 5.75 Å². The van der Waals surface area contributed by atoms with Crippen molar-refractivity contribution in [3.8, 4) is 17.4 Å². The molecule has 0 spiro atoms. The zero-order chi connectivity index (χ0) is 18.8. The largest absolute Gasteiger partial charge is 0.465 e. The van der Waals surface area contributed by atoms with E-state index in [0.717, 1.165) is 41.0 Å². The van der Waals surface area contributed by atoms with Crippen molar-refractivity contribution in [1.29, 1.82) is 5.26 Å². The van der Waals surface area contributed by atoms with Gasteiger partial charge in [0.05, 0.1) is 29.5 Å². The Labute approximate surface area is 160 Å². The van der Waals surface area contributed by atoms with Gasteiger partial charge < -0.3 is 8.83 Å². The van der Waals surface area contributed by atoms with Crippen molar-refractivity contribution in [3.63, 3.8) is 0 Å². The molecule has 5 nitrogen and oxygen atoms in total. The number of nitriles is 1. The van der Waals surface area contributed by atoms with E-state index in [2.05, 4.69) is 6.07 Å². The fourth-order valence-corrected chi connectivity index (χ4v) is 4.03. The van der Waals surface area contributed by atoms with Gasteiger partial charge in [0.2, 0.25) is 0 Å². The highest BCUT2D eigenvalue weighted by Gasteiger charge is 2.28. The zero-order valence-corrected chi connectivity index (χ0v) is 15.5. The first-order chi connectivity index (χ1) is 13.2. The minimum absolute atomic E-state index is 0.0390. The third kappa shape index (κ3) is 3.34. The molecule has 0 bridgehead atoms. The third-order valence-corrected chi connectivity index (χ3v) is 5.48. The van der Waals surface area contributed by atoms with Crippen LogP contribution in [0.4, 0.5) is 0 Å². The van der Waals surface area contributed by atoms with Crippen LogP contribution in [-0.2, 0) is 11.2 Å². The molecule has 1 aliphatic rings. The van der Waals surface area contributed by atoms with E-state index in [1.54, 1.807) is 18.6 Å². The predicted octanol–water partition coefficient (Wildman–Crippen LogP) is 4.97. The zero-order valence-electron chi connectivity index (χ0n) is 14.7. The quantitative estimate of drug-likeness (QED) is 0.585. The van der Waals surface area contributed by atoms with Gasteiger partial charge in [-0.05, 0) is 61.2 Å². The van der Waals surface area contributed by atoms with Crippen LogP contribution in [0.5, 0.6) is 0 Å². The summed E-state index contributed by atoms with van der Waals surface area (Å²) in [5.74, 6) is 1.72. The van der Waals surface area contributed by atoms with Gasteiger partial charge in [-0.3, -0.25) is 4.79 Å². The molecule has 0 atom stereocenters. The molecule has 0 amide bonds. The molecule has 134 valence electrons. The number of hydrogen-bond donors (Lipinski definition) is 0. The lowest BCUT2D eigenvalue weighted by atomic mass is 10.00. The summed E-state index contributed by atoms with van der Waals surface area (Å²) in [4.78, 5) is 16.2.